The standard InChI is InChI=1S/C16H17N3/c1-2-12-6-3-4-8-15(12)18-10-13-11-19-16-14(13)7-5-9-17-16/h3-9,11,18H,2,10H2,1H3,(H,17,19). The molecular weight excluding hydrogens is 234 g/mol. The van der Waals surface area contributed by atoms with Gasteiger partial charge < -0.3 is 10.3 Å². The van der Waals surface area contributed by atoms with E-state index in [2.05, 4.69) is 52.5 Å². The van der Waals surface area contributed by atoms with Gasteiger partial charge in [0.05, 0.1) is 0 Å². The molecule has 3 heteroatoms. The predicted molar refractivity (Wildman–Crippen MR) is 79.2 cm³/mol. The third-order valence-corrected chi connectivity index (χ3v) is 3.40. The van der Waals surface area contributed by atoms with Crippen molar-refractivity contribution in [3.63, 3.8) is 0 Å². The summed E-state index contributed by atoms with van der Waals surface area (Å²) in [6, 6.07) is 12.5. The lowest BCUT2D eigenvalue weighted by molar-refractivity contribution is 1.10. The van der Waals surface area contributed by atoms with Crippen LogP contribution in [0.2, 0.25) is 0 Å². The number of pyridine rings is 1. The van der Waals surface area contributed by atoms with Crippen LogP contribution in [0.25, 0.3) is 11.0 Å². The SMILES string of the molecule is CCc1ccccc1NCc1c[nH]c2ncccc12. The Hall–Kier alpha value is -2.29. The van der Waals surface area contributed by atoms with Crippen molar-refractivity contribution in [2.45, 2.75) is 19.9 Å². The Morgan fingerprint density at radius 1 is 1.11 bits per heavy atom. The molecule has 0 radical (unpaired) electrons. The monoisotopic (exact) mass is 251 g/mol. The van der Waals surface area contributed by atoms with Crippen molar-refractivity contribution < 1.29 is 0 Å². The van der Waals surface area contributed by atoms with Crippen molar-refractivity contribution in [2.75, 3.05) is 5.32 Å². The molecule has 0 aliphatic rings. The van der Waals surface area contributed by atoms with Gasteiger partial charge in [-0.3, -0.25) is 0 Å². The molecule has 0 saturated heterocycles. The van der Waals surface area contributed by atoms with E-state index in [0.29, 0.717) is 0 Å². The first-order valence-electron chi connectivity index (χ1n) is 6.61. The summed E-state index contributed by atoms with van der Waals surface area (Å²) < 4.78 is 0. The molecule has 1 aromatic carbocycles. The molecule has 0 saturated carbocycles. The highest BCUT2D eigenvalue weighted by Crippen LogP contribution is 2.20. The quantitative estimate of drug-likeness (QED) is 0.741. The lowest BCUT2D eigenvalue weighted by Gasteiger charge is -2.10. The fourth-order valence-electron chi connectivity index (χ4n) is 2.35. The molecule has 2 heterocycles. The van der Waals surface area contributed by atoms with Gasteiger partial charge in [0.15, 0.2) is 0 Å². The smallest absolute Gasteiger partial charge is 0.137 e. The maximum Gasteiger partial charge on any atom is 0.137 e. The molecule has 3 rings (SSSR count). The van der Waals surface area contributed by atoms with E-state index in [4.69, 9.17) is 0 Å². The van der Waals surface area contributed by atoms with E-state index in [1.807, 2.05) is 18.5 Å². The van der Waals surface area contributed by atoms with Gasteiger partial charge in [0, 0.05) is 30.0 Å². The number of para-hydroxylation sites is 1. The minimum atomic E-state index is 0.808. The van der Waals surface area contributed by atoms with E-state index in [9.17, 15) is 0 Å². The van der Waals surface area contributed by atoms with E-state index in [1.165, 1.54) is 22.2 Å². The van der Waals surface area contributed by atoms with Crippen LogP contribution in [0.1, 0.15) is 18.1 Å². The average Bonchev–Trinajstić information content (AvgIpc) is 2.89. The van der Waals surface area contributed by atoms with E-state index < -0.39 is 0 Å². The topological polar surface area (TPSA) is 40.7 Å². The first-order chi connectivity index (χ1) is 9.38. The number of aromatic nitrogens is 2. The Balaban J connectivity index is 1.82. The van der Waals surface area contributed by atoms with Crippen LogP contribution < -0.4 is 5.32 Å². The maximum atomic E-state index is 4.31. The molecule has 0 aliphatic carbocycles. The third-order valence-electron chi connectivity index (χ3n) is 3.40. The van der Waals surface area contributed by atoms with Gasteiger partial charge >= 0.3 is 0 Å². The summed E-state index contributed by atoms with van der Waals surface area (Å²) in [5, 5.41) is 4.70. The molecule has 3 nitrogen and oxygen atoms in total. The van der Waals surface area contributed by atoms with E-state index in [0.717, 1.165) is 18.6 Å². The minimum absolute atomic E-state index is 0.808. The molecule has 2 N–H and O–H groups in total. The van der Waals surface area contributed by atoms with Gasteiger partial charge in [-0.1, -0.05) is 25.1 Å². The summed E-state index contributed by atoms with van der Waals surface area (Å²) in [4.78, 5) is 7.51. The molecule has 0 fully saturated rings. The second-order valence-corrected chi connectivity index (χ2v) is 4.58. The first-order valence-corrected chi connectivity index (χ1v) is 6.61. The molecule has 0 spiro atoms. The number of aryl methyl sites for hydroxylation is 1. The summed E-state index contributed by atoms with van der Waals surface area (Å²) in [6.45, 7) is 2.98. The van der Waals surface area contributed by atoms with Gasteiger partial charge in [0.25, 0.3) is 0 Å². The van der Waals surface area contributed by atoms with Gasteiger partial charge in [-0.15, -0.1) is 0 Å². The lowest BCUT2D eigenvalue weighted by Crippen LogP contribution is -2.01. The molecule has 0 amide bonds. The maximum absolute atomic E-state index is 4.31. The lowest BCUT2D eigenvalue weighted by atomic mass is 10.1. The molecular formula is C16H17N3. The molecule has 0 unspecified atom stereocenters. The van der Waals surface area contributed by atoms with Gasteiger partial charge in [-0.25, -0.2) is 4.98 Å². The summed E-state index contributed by atoms with van der Waals surface area (Å²) in [5.41, 5.74) is 4.75. The van der Waals surface area contributed by atoms with E-state index in [-0.39, 0.29) is 0 Å². The van der Waals surface area contributed by atoms with Crippen molar-refractivity contribution in [3.05, 3.63) is 59.9 Å². The Morgan fingerprint density at radius 2 is 2.00 bits per heavy atom. The van der Waals surface area contributed by atoms with Gasteiger partial charge in [-0.2, -0.15) is 0 Å². The van der Waals surface area contributed by atoms with Crippen molar-refractivity contribution in [2.24, 2.45) is 0 Å². The minimum Gasteiger partial charge on any atom is -0.381 e. The van der Waals surface area contributed by atoms with Crippen LogP contribution in [0, 0.1) is 0 Å². The number of anilines is 1. The van der Waals surface area contributed by atoms with Crippen LogP contribution in [0.5, 0.6) is 0 Å². The number of hydrogen-bond acceptors (Lipinski definition) is 2. The van der Waals surface area contributed by atoms with Gasteiger partial charge in [0.1, 0.15) is 5.65 Å². The second kappa shape index (κ2) is 5.14. The molecule has 3 aromatic rings. The number of fused-ring (bicyclic) bond motifs is 1. The van der Waals surface area contributed by atoms with E-state index >= 15 is 0 Å². The molecule has 19 heavy (non-hydrogen) atoms. The Bertz CT molecular complexity index is 685. The summed E-state index contributed by atoms with van der Waals surface area (Å²) in [7, 11) is 0. The van der Waals surface area contributed by atoms with Crippen molar-refractivity contribution in [1.29, 1.82) is 0 Å². The van der Waals surface area contributed by atoms with Gasteiger partial charge in [-0.05, 0) is 35.7 Å². The zero-order valence-corrected chi connectivity index (χ0v) is 11.0. The molecule has 0 bridgehead atoms. The van der Waals surface area contributed by atoms with Crippen molar-refractivity contribution >= 4 is 16.7 Å². The number of H-pyrrole nitrogens is 1. The highest BCUT2D eigenvalue weighted by molar-refractivity contribution is 5.79. The number of rotatable bonds is 4. The predicted octanol–water partition coefficient (Wildman–Crippen LogP) is 3.74. The Kier molecular flexibility index (Phi) is 3.19. The molecule has 0 aliphatic heterocycles. The summed E-state index contributed by atoms with van der Waals surface area (Å²) in [6.07, 6.45) is 4.88. The number of benzene rings is 1. The van der Waals surface area contributed by atoms with Crippen molar-refractivity contribution in [3.8, 4) is 0 Å². The Morgan fingerprint density at radius 3 is 2.89 bits per heavy atom. The first kappa shape index (κ1) is 11.8. The molecule has 0 atom stereocenters. The number of aromatic amines is 1. The van der Waals surface area contributed by atoms with Gasteiger partial charge in [0.2, 0.25) is 0 Å². The average molecular weight is 251 g/mol. The fourth-order valence-corrected chi connectivity index (χ4v) is 2.35. The molecule has 2 aromatic heterocycles. The highest BCUT2D eigenvalue weighted by atomic mass is 14.9. The van der Waals surface area contributed by atoms with Crippen LogP contribution >= 0.6 is 0 Å². The van der Waals surface area contributed by atoms with E-state index in [1.54, 1.807) is 0 Å². The largest absolute Gasteiger partial charge is 0.381 e. The Labute approximate surface area is 112 Å². The van der Waals surface area contributed by atoms with Crippen LogP contribution in [-0.4, -0.2) is 9.97 Å². The van der Waals surface area contributed by atoms with Crippen LogP contribution in [0.15, 0.2) is 48.8 Å². The van der Waals surface area contributed by atoms with Crippen LogP contribution in [-0.2, 0) is 13.0 Å². The van der Waals surface area contributed by atoms with Crippen LogP contribution in [0.4, 0.5) is 5.69 Å². The second-order valence-electron chi connectivity index (χ2n) is 4.58. The zero-order valence-electron chi connectivity index (χ0n) is 11.0. The third kappa shape index (κ3) is 2.32. The van der Waals surface area contributed by atoms with Crippen LogP contribution in [0.3, 0.4) is 0 Å². The number of nitrogens with one attached hydrogen (secondary N) is 2. The normalized spacial score (nSPS) is 10.8. The summed E-state index contributed by atoms with van der Waals surface area (Å²) >= 11 is 0. The molecule has 96 valence electrons. The van der Waals surface area contributed by atoms with Crippen molar-refractivity contribution in [1.82, 2.24) is 9.97 Å². The summed E-state index contributed by atoms with van der Waals surface area (Å²) in [5.74, 6) is 0. The highest BCUT2D eigenvalue weighted by Gasteiger charge is 2.04. The number of hydrogen-bond donors (Lipinski definition) is 2. The fraction of sp³-hybridized carbons (Fsp3) is 0.188. The number of nitrogens with zero attached hydrogens (tertiary/aromatic N) is 1. The zero-order chi connectivity index (χ0) is 13.1.